The van der Waals surface area contributed by atoms with Crippen LogP contribution in [0.2, 0.25) is 0 Å². The summed E-state index contributed by atoms with van der Waals surface area (Å²) < 4.78 is 4.59. The van der Waals surface area contributed by atoms with E-state index in [1.54, 1.807) is 24.3 Å². The van der Waals surface area contributed by atoms with Gasteiger partial charge in [0.25, 0.3) is 0 Å². The number of ether oxygens (including phenoxy) is 1. The zero-order valence-corrected chi connectivity index (χ0v) is 11.1. The van der Waals surface area contributed by atoms with Crippen molar-refractivity contribution < 1.29 is 19.1 Å². The molecule has 0 unspecified atom stereocenters. The van der Waals surface area contributed by atoms with Gasteiger partial charge in [-0.1, -0.05) is 12.1 Å². The van der Waals surface area contributed by atoms with Crippen molar-refractivity contribution in [3.8, 4) is 0 Å². The van der Waals surface area contributed by atoms with Gasteiger partial charge in [-0.2, -0.15) is 0 Å². The van der Waals surface area contributed by atoms with E-state index < -0.39 is 5.97 Å². The van der Waals surface area contributed by atoms with Crippen LogP contribution in [0.25, 0.3) is 0 Å². The van der Waals surface area contributed by atoms with Crippen LogP contribution < -0.4 is 5.32 Å². The van der Waals surface area contributed by atoms with E-state index in [-0.39, 0.29) is 24.5 Å². The second kappa shape index (κ2) is 7.31. The number of rotatable bonds is 6. The fraction of sp³-hybridized carbons (Fsp3) is 0.357. The predicted octanol–water partition coefficient (Wildman–Crippen LogP) is 1.46. The number of amides is 1. The summed E-state index contributed by atoms with van der Waals surface area (Å²) in [6, 6.07) is 6.78. The maximum Gasteiger partial charge on any atom is 0.337 e. The Kier molecular flexibility index (Phi) is 5.73. The normalized spacial score (nSPS) is 9.79. The molecule has 1 rings (SSSR count). The summed E-state index contributed by atoms with van der Waals surface area (Å²) in [5.41, 5.74) is 1.35. The number of ketones is 1. The summed E-state index contributed by atoms with van der Waals surface area (Å²) in [5, 5.41) is 2.71. The van der Waals surface area contributed by atoms with Gasteiger partial charge in [0.15, 0.2) is 0 Å². The summed E-state index contributed by atoms with van der Waals surface area (Å²) in [5.74, 6) is -0.554. The fourth-order valence-electron chi connectivity index (χ4n) is 1.46. The van der Waals surface area contributed by atoms with E-state index >= 15 is 0 Å². The molecule has 1 amide bonds. The lowest BCUT2D eigenvalue weighted by molar-refractivity contribution is -0.124. The molecule has 1 aromatic rings. The molecule has 0 bridgehead atoms. The van der Waals surface area contributed by atoms with E-state index in [1.165, 1.54) is 14.0 Å². The van der Waals surface area contributed by atoms with Crippen molar-refractivity contribution in [2.45, 2.75) is 26.3 Å². The molecule has 0 saturated carbocycles. The Morgan fingerprint density at radius 2 is 1.74 bits per heavy atom. The van der Waals surface area contributed by atoms with Gasteiger partial charge < -0.3 is 14.8 Å². The standard InChI is InChI=1S/C14H17NO4/c1-10(16)3-8-13(17)15-9-11-4-6-12(7-5-11)14(18)19-2/h4-7H,3,8-9H2,1-2H3,(H,15,17). The fourth-order valence-corrected chi connectivity index (χ4v) is 1.46. The van der Waals surface area contributed by atoms with Gasteiger partial charge in [0.2, 0.25) is 5.91 Å². The molecule has 19 heavy (non-hydrogen) atoms. The first-order valence-corrected chi connectivity index (χ1v) is 5.96. The van der Waals surface area contributed by atoms with Crippen molar-refractivity contribution in [3.05, 3.63) is 35.4 Å². The molecule has 0 aromatic heterocycles. The zero-order chi connectivity index (χ0) is 14.3. The number of carbonyl (C=O) groups excluding carboxylic acids is 3. The van der Waals surface area contributed by atoms with Gasteiger partial charge in [0.1, 0.15) is 5.78 Å². The molecular formula is C14H17NO4. The first kappa shape index (κ1) is 14.9. The first-order valence-electron chi connectivity index (χ1n) is 5.96. The molecule has 1 N–H and O–H groups in total. The van der Waals surface area contributed by atoms with E-state index in [9.17, 15) is 14.4 Å². The first-order chi connectivity index (χ1) is 9.02. The summed E-state index contributed by atoms with van der Waals surface area (Å²) >= 11 is 0. The second-order valence-corrected chi connectivity index (χ2v) is 4.17. The number of hydrogen-bond acceptors (Lipinski definition) is 4. The third kappa shape index (κ3) is 5.33. The molecule has 1 aromatic carbocycles. The van der Waals surface area contributed by atoms with Crippen LogP contribution in [0.15, 0.2) is 24.3 Å². The Hall–Kier alpha value is -2.17. The van der Waals surface area contributed by atoms with Gasteiger partial charge in [-0.15, -0.1) is 0 Å². The third-order valence-electron chi connectivity index (χ3n) is 2.57. The maximum atomic E-state index is 11.4. The maximum absolute atomic E-state index is 11.4. The molecule has 102 valence electrons. The van der Waals surface area contributed by atoms with Crippen molar-refractivity contribution in [2.75, 3.05) is 7.11 Å². The van der Waals surface area contributed by atoms with E-state index in [2.05, 4.69) is 10.1 Å². The third-order valence-corrected chi connectivity index (χ3v) is 2.57. The Bertz CT molecular complexity index is 465. The van der Waals surface area contributed by atoms with E-state index in [0.717, 1.165) is 5.56 Å². The summed E-state index contributed by atoms with van der Waals surface area (Å²) in [6.07, 6.45) is 0.461. The van der Waals surface area contributed by atoms with Crippen LogP contribution in [0.1, 0.15) is 35.7 Å². The largest absolute Gasteiger partial charge is 0.465 e. The molecule has 0 spiro atoms. The smallest absolute Gasteiger partial charge is 0.337 e. The monoisotopic (exact) mass is 263 g/mol. The van der Waals surface area contributed by atoms with Crippen molar-refractivity contribution in [3.63, 3.8) is 0 Å². The minimum Gasteiger partial charge on any atom is -0.465 e. The Morgan fingerprint density at radius 3 is 2.26 bits per heavy atom. The summed E-state index contributed by atoms with van der Waals surface area (Å²) in [7, 11) is 1.32. The van der Waals surface area contributed by atoms with Crippen molar-refractivity contribution in [2.24, 2.45) is 0 Å². The number of esters is 1. The highest BCUT2D eigenvalue weighted by Gasteiger charge is 2.06. The summed E-state index contributed by atoms with van der Waals surface area (Å²) in [6.45, 7) is 1.83. The summed E-state index contributed by atoms with van der Waals surface area (Å²) in [4.78, 5) is 33.3. The van der Waals surface area contributed by atoms with Crippen LogP contribution in [-0.4, -0.2) is 24.8 Å². The second-order valence-electron chi connectivity index (χ2n) is 4.17. The van der Waals surface area contributed by atoms with Crippen LogP contribution >= 0.6 is 0 Å². The van der Waals surface area contributed by atoms with Crippen LogP contribution in [0.3, 0.4) is 0 Å². The highest BCUT2D eigenvalue weighted by molar-refractivity contribution is 5.89. The molecule has 0 heterocycles. The highest BCUT2D eigenvalue weighted by Crippen LogP contribution is 2.05. The van der Waals surface area contributed by atoms with E-state index in [4.69, 9.17) is 0 Å². The molecule has 5 heteroatoms. The highest BCUT2D eigenvalue weighted by atomic mass is 16.5. The zero-order valence-electron chi connectivity index (χ0n) is 11.1. The van der Waals surface area contributed by atoms with Crippen LogP contribution in [0.5, 0.6) is 0 Å². The number of Topliss-reactive ketones (excluding diaryl/α,β-unsaturated/α-hetero) is 1. The molecular weight excluding hydrogens is 246 g/mol. The SMILES string of the molecule is COC(=O)c1ccc(CNC(=O)CCC(C)=O)cc1. The van der Waals surface area contributed by atoms with Gasteiger partial charge in [-0.05, 0) is 24.6 Å². The molecule has 0 aliphatic carbocycles. The number of hydrogen-bond donors (Lipinski definition) is 1. The average Bonchev–Trinajstić information content (AvgIpc) is 2.42. The van der Waals surface area contributed by atoms with Crippen LogP contribution in [-0.2, 0) is 20.9 Å². The Labute approximate surface area is 111 Å². The van der Waals surface area contributed by atoms with E-state index in [0.29, 0.717) is 12.1 Å². The lowest BCUT2D eigenvalue weighted by Crippen LogP contribution is -2.23. The minimum absolute atomic E-state index is 0.00224. The van der Waals surface area contributed by atoms with Gasteiger partial charge in [-0.25, -0.2) is 4.79 Å². The molecule has 0 radical (unpaired) electrons. The van der Waals surface area contributed by atoms with Gasteiger partial charge in [0.05, 0.1) is 12.7 Å². The minimum atomic E-state index is -0.392. The van der Waals surface area contributed by atoms with Crippen LogP contribution in [0, 0.1) is 0 Å². The van der Waals surface area contributed by atoms with Crippen molar-refractivity contribution in [1.29, 1.82) is 0 Å². The molecule has 0 atom stereocenters. The van der Waals surface area contributed by atoms with Crippen molar-refractivity contribution in [1.82, 2.24) is 5.32 Å². The lowest BCUT2D eigenvalue weighted by Gasteiger charge is -2.05. The topological polar surface area (TPSA) is 72.5 Å². The number of carbonyl (C=O) groups is 3. The Morgan fingerprint density at radius 1 is 1.11 bits per heavy atom. The molecule has 5 nitrogen and oxygen atoms in total. The molecule has 0 aliphatic rings. The van der Waals surface area contributed by atoms with Crippen LogP contribution in [0.4, 0.5) is 0 Å². The van der Waals surface area contributed by atoms with Gasteiger partial charge >= 0.3 is 5.97 Å². The molecule has 0 aliphatic heterocycles. The number of nitrogens with one attached hydrogen (secondary N) is 1. The number of benzene rings is 1. The predicted molar refractivity (Wildman–Crippen MR) is 69.5 cm³/mol. The Balaban J connectivity index is 2.43. The van der Waals surface area contributed by atoms with Gasteiger partial charge in [-0.3, -0.25) is 4.79 Å². The molecule has 0 fully saturated rings. The van der Waals surface area contributed by atoms with Crippen molar-refractivity contribution >= 4 is 17.7 Å². The van der Waals surface area contributed by atoms with Gasteiger partial charge in [0, 0.05) is 19.4 Å². The number of methoxy groups -OCH3 is 1. The average molecular weight is 263 g/mol. The quantitative estimate of drug-likeness (QED) is 0.789. The molecule has 0 saturated heterocycles. The lowest BCUT2D eigenvalue weighted by atomic mass is 10.1. The van der Waals surface area contributed by atoms with E-state index in [1.807, 2.05) is 0 Å².